The van der Waals surface area contributed by atoms with Gasteiger partial charge in [0.05, 0.1) is 13.7 Å². The minimum absolute atomic E-state index is 0.205. The van der Waals surface area contributed by atoms with Gasteiger partial charge in [-0.1, -0.05) is 53.7 Å². The first-order valence-corrected chi connectivity index (χ1v) is 10.7. The Morgan fingerprint density at radius 1 is 0.903 bits per heavy atom. The molecule has 3 aromatic rings. The van der Waals surface area contributed by atoms with Crippen LogP contribution in [0.3, 0.4) is 0 Å². The number of amides is 2. The highest BCUT2D eigenvalue weighted by molar-refractivity contribution is 8.04. The summed E-state index contributed by atoms with van der Waals surface area (Å²) in [5.74, 6) is 0.0146. The Balaban J connectivity index is 1.66. The molecule has 0 aromatic heterocycles. The van der Waals surface area contributed by atoms with E-state index in [9.17, 15) is 9.59 Å². The van der Waals surface area contributed by atoms with Crippen LogP contribution in [0.1, 0.15) is 5.56 Å². The van der Waals surface area contributed by atoms with Gasteiger partial charge in [0.15, 0.2) is 0 Å². The zero-order valence-electron chi connectivity index (χ0n) is 16.7. The smallest absolute Gasteiger partial charge is 0.278 e. The van der Waals surface area contributed by atoms with Crippen LogP contribution in [0.25, 0.3) is 0 Å². The number of thioether (sulfide) groups is 1. The minimum Gasteiger partial charge on any atom is -0.497 e. The zero-order chi connectivity index (χ0) is 21.8. The van der Waals surface area contributed by atoms with Crippen LogP contribution in [0.15, 0.2) is 94.4 Å². The van der Waals surface area contributed by atoms with Crippen molar-refractivity contribution in [2.24, 2.45) is 0 Å². The highest BCUT2D eigenvalue weighted by atomic mass is 35.5. The number of imide groups is 1. The molecule has 0 unspecified atom stereocenters. The Kier molecular flexibility index (Phi) is 6.30. The highest BCUT2D eigenvalue weighted by Crippen LogP contribution is 2.37. The van der Waals surface area contributed by atoms with E-state index in [-0.39, 0.29) is 24.1 Å². The predicted octanol–water partition coefficient (Wildman–Crippen LogP) is 5.33. The van der Waals surface area contributed by atoms with E-state index in [4.69, 9.17) is 16.3 Å². The van der Waals surface area contributed by atoms with E-state index >= 15 is 0 Å². The number of methoxy groups -OCH3 is 1. The third kappa shape index (κ3) is 4.76. The SMILES string of the molecule is COc1ccc(NC2=C(Sc3ccc(Cl)cc3)C(=O)N(Cc3ccccc3)C2=O)cc1. The molecule has 0 aliphatic carbocycles. The molecule has 0 radical (unpaired) electrons. The molecule has 1 aliphatic heterocycles. The van der Waals surface area contributed by atoms with Crippen LogP contribution in [0.4, 0.5) is 5.69 Å². The Bertz CT molecular complexity index is 1130. The molecule has 156 valence electrons. The molecule has 2 amide bonds. The molecule has 3 aromatic carbocycles. The number of nitrogens with zero attached hydrogens (tertiary/aromatic N) is 1. The molecule has 0 saturated carbocycles. The van der Waals surface area contributed by atoms with Gasteiger partial charge in [-0.15, -0.1) is 0 Å². The Morgan fingerprint density at radius 2 is 1.58 bits per heavy atom. The van der Waals surface area contributed by atoms with Crippen LogP contribution in [-0.4, -0.2) is 23.8 Å². The maximum absolute atomic E-state index is 13.2. The second-order valence-corrected chi connectivity index (χ2v) is 8.32. The van der Waals surface area contributed by atoms with Crippen molar-refractivity contribution in [1.82, 2.24) is 4.90 Å². The molecule has 0 spiro atoms. The van der Waals surface area contributed by atoms with Crippen LogP contribution in [0.2, 0.25) is 5.02 Å². The fourth-order valence-corrected chi connectivity index (χ4v) is 4.18. The molecule has 1 N–H and O–H groups in total. The van der Waals surface area contributed by atoms with Crippen LogP contribution in [0.5, 0.6) is 5.75 Å². The molecule has 1 heterocycles. The van der Waals surface area contributed by atoms with Gasteiger partial charge in [-0.2, -0.15) is 0 Å². The van der Waals surface area contributed by atoms with Crippen molar-refractivity contribution in [2.75, 3.05) is 12.4 Å². The van der Waals surface area contributed by atoms with Crippen molar-refractivity contribution in [1.29, 1.82) is 0 Å². The average molecular weight is 451 g/mol. The number of halogens is 1. The van der Waals surface area contributed by atoms with Gasteiger partial charge in [0, 0.05) is 15.6 Å². The van der Waals surface area contributed by atoms with Gasteiger partial charge in [0.1, 0.15) is 16.4 Å². The molecule has 0 fully saturated rings. The van der Waals surface area contributed by atoms with Gasteiger partial charge < -0.3 is 10.1 Å². The van der Waals surface area contributed by atoms with E-state index in [1.807, 2.05) is 42.5 Å². The molecule has 0 saturated heterocycles. The summed E-state index contributed by atoms with van der Waals surface area (Å²) in [4.78, 5) is 28.9. The number of benzene rings is 3. The normalized spacial score (nSPS) is 13.7. The number of hydrogen-bond donors (Lipinski definition) is 1. The second kappa shape index (κ2) is 9.29. The molecule has 1 aliphatic rings. The number of nitrogens with one attached hydrogen (secondary N) is 1. The quantitative estimate of drug-likeness (QED) is 0.493. The number of carbonyl (C=O) groups is 2. The summed E-state index contributed by atoms with van der Waals surface area (Å²) in [5.41, 5.74) is 1.82. The van der Waals surface area contributed by atoms with Crippen molar-refractivity contribution >= 4 is 40.9 Å². The molecule has 7 heteroatoms. The van der Waals surface area contributed by atoms with Gasteiger partial charge in [0.25, 0.3) is 11.8 Å². The third-order valence-electron chi connectivity index (χ3n) is 4.70. The van der Waals surface area contributed by atoms with Gasteiger partial charge in [-0.25, -0.2) is 0 Å². The van der Waals surface area contributed by atoms with Gasteiger partial charge in [0.2, 0.25) is 0 Å². The largest absolute Gasteiger partial charge is 0.497 e. The number of ether oxygens (including phenoxy) is 1. The first-order valence-electron chi connectivity index (χ1n) is 9.54. The highest BCUT2D eigenvalue weighted by Gasteiger charge is 2.39. The minimum atomic E-state index is -0.360. The molecule has 0 bridgehead atoms. The first kappa shape index (κ1) is 21.0. The lowest BCUT2D eigenvalue weighted by atomic mass is 10.2. The van der Waals surface area contributed by atoms with E-state index in [0.29, 0.717) is 21.4 Å². The van der Waals surface area contributed by atoms with Crippen molar-refractivity contribution < 1.29 is 14.3 Å². The Hall–Kier alpha value is -3.22. The number of rotatable bonds is 7. The third-order valence-corrected chi connectivity index (χ3v) is 6.04. The zero-order valence-corrected chi connectivity index (χ0v) is 18.2. The standard InChI is InChI=1S/C24H19ClN2O3S/c1-30-19-11-9-18(10-12-19)26-21-22(31-20-13-7-17(25)8-14-20)24(29)27(23(21)28)15-16-5-3-2-4-6-16/h2-14,26H,15H2,1H3. The van der Waals surface area contributed by atoms with Crippen LogP contribution >= 0.6 is 23.4 Å². The summed E-state index contributed by atoms with van der Waals surface area (Å²) < 4.78 is 5.19. The lowest BCUT2D eigenvalue weighted by Gasteiger charge is -2.15. The first-order chi connectivity index (χ1) is 15.0. The Labute approximate surface area is 189 Å². The predicted molar refractivity (Wildman–Crippen MR) is 123 cm³/mol. The summed E-state index contributed by atoms with van der Waals surface area (Å²) in [6, 6.07) is 23.8. The lowest BCUT2D eigenvalue weighted by Crippen LogP contribution is -2.31. The van der Waals surface area contributed by atoms with E-state index in [1.165, 1.54) is 16.7 Å². The summed E-state index contributed by atoms with van der Waals surface area (Å²) in [5, 5.41) is 3.74. The fourth-order valence-electron chi connectivity index (χ4n) is 3.11. The van der Waals surface area contributed by atoms with E-state index < -0.39 is 0 Å². The van der Waals surface area contributed by atoms with Crippen molar-refractivity contribution in [2.45, 2.75) is 11.4 Å². The molecular formula is C24H19ClN2O3S. The molecule has 31 heavy (non-hydrogen) atoms. The van der Waals surface area contributed by atoms with Crippen molar-refractivity contribution in [3.8, 4) is 5.75 Å². The summed E-state index contributed by atoms with van der Waals surface area (Å²) in [6.07, 6.45) is 0. The molecular weight excluding hydrogens is 432 g/mol. The van der Waals surface area contributed by atoms with Crippen molar-refractivity contribution in [3.63, 3.8) is 0 Å². The monoisotopic (exact) mass is 450 g/mol. The van der Waals surface area contributed by atoms with Gasteiger partial charge in [-0.3, -0.25) is 14.5 Å². The summed E-state index contributed by atoms with van der Waals surface area (Å²) in [6.45, 7) is 0.205. The summed E-state index contributed by atoms with van der Waals surface area (Å²) >= 11 is 7.22. The van der Waals surface area contributed by atoms with Gasteiger partial charge in [-0.05, 0) is 54.1 Å². The van der Waals surface area contributed by atoms with Crippen LogP contribution in [-0.2, 0) is 16.1 Å². The number of carbonyl (C=O) groups excluding carboxylic acids is 2. The van der Waals surface area contributed by atoms with E-state index in [2.05, 4.69) is 5.32 Å². The van der Waals surface area contributed by atoms with Crippen molar-refractivity contribution in [3.05, 3.63) is 100 Å². The molecule has 4 rings (SSSR count). The number of anilines is 1. The topological polar surface area (TPSA) is 58.6 Å². The second-order valence-electron chi connectivity index (χ2n) is 6.80. The maximum Gasteiger partial charge on any atom is 0.278 e. The lowest BCUT2D eigenvalue weighted by molar-refractivity contribution is -0.137. The average Bonchev–Trinajstić information content (AvgIpc) is 3.01. The maximum atomic E-state index is 13.2. The Morgan fingerprint density at radius 3 is 2.23 bits per heavy atom. The van der Waals surface area contributed by atoms with E-state index in [0.717, 1.165) is 10.5 Å². The van der Waals surface area contributed by atoms with E-state index in [1.54, 1.807) is 43.5 Å². The van der Waals surface area contributed by atoms with Crippen LogP contribution in [0, 0.1) is 0 Å². The van der Waals surface area contributed by atoms with Crippen LogP contribution < -0.4 is 10.1 Å². The fraction of sp³-hybridized carbons (Fsp3) is 0.0833. The summed E-state index contributed by atoms with van der Waals surface area (Å²) in [7, 11) is 1.59. The number of hydrogen-bond acceptors (Lipinski definition) is 5. The van der Waals surface area contributed by atoms with Gasteiger partial charge >= 0.3 is 0 Å². The molecule has 0 atom stereocenters. The molecule has 5 nitrogen and oxygen atoms in total.